The smallest absolute Gasteiger partial charge is 0.265 e. The number of hydrogen-bond acceptors (Lipinski definition) is 4. The molecule has 0 unspecified atom stereocenters. The maximum absolute atomic E-state index is 12.5. The van der Waals surface area contributed by atoms with E-state index in [1.54, 1.807) is 30.3 Å². The highest BCUT2D eigenvalue weighted by molar-refractivity contribution is 14.1. The van der Waals surface area contributed by atoms with Crippen molar-refractivity contribution >= 4 is 38.3 Å². The number of rotatable bonds is 5. The van der Waals surface area contributed by atoms with Crippen LogP contribution in [0.1, 0.15) is 5.56 Å². The minimum absolute atomic E-state index is 0.00454. The molecule has 0 bridgehead atoms. The van der Waals surface area contributed by atoms with E-state index < -0.39 is 10.0 Å². The van der Waals surface area contributed by atoms with Crippen molar-refractivity contribution in [3.63, 3.8) is 0 Å². The molecule has 2 N–H and O–H groups in total. The van der Waals surface area contributed by atoms with Crippen molar-refractivity contribution in [1.82, 2.24) is 0 Å². The fourth-order valence-electron chi connectivity index (χ4n) is 1.76. The maximum atomic E-state index is 12.5. The van der Waals surface area contributed by atoms with Crippen molar-refractivity contribution in [2.45, 2.75) is 11.5 Å². The van der Waals surface area contributed by atoms with Crippen molar-refractivity contribution in [3.05, 3.63) is 51.6 Å². The van der Waals surface area contributed by atoms with Crippen LogP contribution in [0.25, 0.3) is 0 Å². The minimum Gasteiger partial charge on any atom is -0.495 e. The van der Waals surface area contributed by atoms with E-state index in [-0.39, 0.29) is 17.3 Å². The molecule has 2 aromatic rings. The SMILES string of the molecule is COc1ccc(CO)cc1S(=O)(=O)Nc1ccc(I)cc1. The third kappa shape index (κ3) is 3.86. The van der Waals surface area contributed by atoms with E-state index in [9.17, 15) is 8.42 Å². The van der Waals surface area contributed by atoms with Crippen LogP contribution in [0.4, 0.5) is 5.69 Å². The van der Waals surface area contributed by atoms with Crippen LogP contribution in [0.3, 0.4) is 0 Å². The van der Waals surface area contributed by atoms with Gasteiger partial charge in [0, 0.05) is 9.26 Å². The zero-order valence-corrected chi connectivity index (χ0v) is 14.2. The lowest BCUT2D eigenvalue weighted by Crippen LogP contribution is -2.14. The predicted molar refractivity (Wildman–Crippen MR) is 88.9 cm³/mol. The first-order valence-electron chi connectivity index (χ1n) is 6.02. The molecular weight excluding hydrogens is 405 g/mol. The summed E-state index contributed by atoms with van der Waals surface area (Å²) in [5, 5.41) is 9.15. The van der Waals surface area contributed by atoms with Crippen LogP contribution < -0.4 is 9.46 Å². The molecule has 0 fully saturated rings. The van der Waals surface area contributed by atoms with Gasteiger partial charge in [0.05, 0.1) is 13.7 Å². The molecular formula is C14H14INO4S. The van der Waals surface area contributed by atoms with Crippen molar-refractivity contribution in [1.29, 1.82) is 0 Å². The Balaban J connectivity index is 2.41. The number of benzene rings is 2. The highest BCUT2D eigenvalue weighted by Crippen LogP contribution is 2.27. The van der Waals surface area contributed by atoms with Gasteiger partial charge in [0.15, 0.2) is 0 Å². The van der Waals surface area contributed by atoms with Crippen LogP contribution in [0.15, 0.2) is 47.4 Å². The first kappa shape index (κ1) is 16.1. The van der Waals surface area contributed by atoms with Crippen molar-refractivity contribution in [3.8, 4) is 5.75 Å². The van der Waals surface area contributed by atoms with Crippen LogP contribution in [0.5, 0.6) is 5.75 Å². The van der Waals surface area contributed by atoms with E-state index in [4.69, 9.17) is 9.84 Å². The molecule has 0 aliphatic carbocycles. The Labute approximate surface area is 137 Å². The number of anilines is 1. The van der Waals surface area contributed by atoms with Crippen molar-refractivity contribution in [2.75, 3.05) is 11.8 Å². The van der Waals surface area contributed by atoms with Gasteiger partial charge < -0.3 is 9.84 Å². The monoisotopic (exact) mass is 419 g/mol. The number of hydrogen-bond donors (Lipinski definition) is 2. The summed E-state index contributed by atoms with van der Waals surface area (Å²) in [5.74, 6) is 0.227. The molecule has 0 radical (unpaired) electrons. The van der Waals surface area contributed by atoms with Crippen molar-refractivity contribution < 1.29 is 18.3 Å². The summed E-state index contributed by atoms with van der Waals surface area (Å²) in [6.45, 7) is -0.240. The first-order chi connectivity index (χ1) is 9.96. The summed E-state index contributed by atoms with van der Waals surface area (Å²) in [4.78, 5) is -0.00454. The van der Waals surface area contributed by atoms with E-state index in [1.165, 1.54) is 19.2 Å². The lowest BCUT2D eigenvalue weighted by molar-refractivity contribution is 0.281. The van der Waals surface area contributed by atoms with Gasteiger partial charge in [-0.2, -0.15) is 0 Å². The van der Waals surface area contributed by atoms with Gasteiger partial charge in [-0.3, -0.25) is 4.72 Å². The average molecular weight is 419 g/mol. The number of aliphatic hydroxyl groups is 1. The standard InChI is InChI=1S/C14H14INO4S/c1-20-13-7-2-10(9-17)8-14(13)21(18,19)16-12-5-3-11(15)4-6-12/h2-8,16-17H,9H2,1H3. The minimum atomic E-state index is -3.79. The fraction of sp³-hybridized carbons (Fsp3) is 0.143. The van der Waals surface area contributed by atoms with Gasteiger partial charge >= 0.3 is 0 Å². The Morgan fingerprint density at radius 1 is 1.19 bits per heavy atom. The Kier molecular flexibility index (Phi) is 5.07. The summed E-state index contributed by atoms with van der Waals surface area (Å²) < 4.78 is 33.5. The zero-order chi connectivity index (χ0) is 15.5. The lowest BCUT2D eigenvalue weighted by atomic mass is 10.2. The van der Waals surface area contributed by atoms with Gasteiger partial charge in [0.1, 0.15) is 10.6 Å². The number of halogens is 1. The summed E-state index contributed by atoms with van der Waals surface area (Å²) in [7, 11) is -2.39. The van der Waals surface area contributed by atoms with E-state index in [0.717, 1.165) is 3.57 Å². The average Bonchev–Trinajstić information content (AvgIpc) is 2.48. The Hall–Kier alpha value is -1.32. The molecule has 0 aromatic heterocycles. The largest absolute Gasteiger partial charge is 0.495 e. The number of aliphatic hydroxyl groups excluding tert-OH is 1. The quantitative estimate of drug-likeness (QED) is 0.731. The van der Waals surface area contributed by atoms with Crippen LogP contribution >= 0.6 is 22.6 Å². The molecule has 0 heterocycles. The second-order valence-corrected chi connectivity index (χ2v) is 7.15. The zero-order valence-electron chi connectivity index (χ0n) is 11.2. The molecule has 2 rings (SSSR count). The third-order valence-electron chi connectivity index (χ3n) is 2.80. The van der Waals surface area contributed by atoms with Gasteiger partial charge in [-0.1, -0.05) is 6.07 Å². The number of nitrogens with one attached hydrogen (secondary N) is 1. The molecule has 0 amide bonds. The number of ether oxygens (including phenoxy) is 1. The normalized spacial score (nSPS) is 11.2. The molecule has 0 saturated heterocycles. The highest BCUT2D eigenvalue weighted by Gasteiger charge is 2.20. The number of sulfonamides is 1. The molecule has 7 heteroatoms. The molecule has 0 spiro atoms. The Morgan fingerprint density at radius 2 is 1.86 bits per heavy atom. The van der Waals surface area contributed by atoms with Crippen molar-refractivity contribution in [2.24, 2.45) is 0 Å². The molecule has 0 aliphatic rings. The van der Waals surface area contributed by atoms with Crippen LogP contribution in [0, 0.1) is 3.57 Å². The maximum Gasteiger partial charge on any atom is 0.265 e. The van der Waals surface area contributed by atoms with Crippen LogP contribution in [-0.4, -0.2) is 20.6 Å². The van der Waals surface area contributed by atoms with Gasteiger partial charge in [0.25, 0.3) is 10.0 Å². The fourth-order valence-corrected chi connectivity index (χ4v) is 3.40. The Bertz CT molecular complexity index is 729. The predicted octanol–water partition coefficient (Wildman–Crippen LogP) is 2.59. The van der Waals surface area contributed by atoms with E-state index >= 15 is 0 Å². The molecule has 0 atom stereocenters. The van der Waals surface area contributed by atoms with Crippen LogP contribution in [0.2, 0.25) is 0 Å². The van der Waals surface area contributed by atoms with Gasteiger partial charge in [-0.25, -0.2) is 8.42 Å². The highest BCUT2D eigenvalue weighted by atomic mass is 127. The third-order valence-corrected chi connectivity index (χ3v) is 4.92. The van der Waals surface area contributed by atoms with Gasteiger partial charge in [-0.05, 0) is 64.6 Å². The molecule has 0 saturated carbocycles. The van der Waals surface area contributed by atoms with E-state index in [1.807, 2.05) is 0 Å². The number of methoxy groups -OCH3 is 1. The molecule has 2 aromatic carbocycles. The molecule has 0 aliphatic heterocycles. The summed E-state index contributed by atoms with van der Waals surface area (Å²) >= 11 is 2.14. The lowest BCUT2D eigenvalue weighted by Gasteiger charge is -2.12. The summed E-state index contributed by atoms with van der Waals surface area (Å²) in [5.41, 5.74) is 0.964. The second kappa shape index (κ2) is 6.63. The topological polar surface area (TPSA) is 75.6 Å². The van der Waals surface area contributed by atoms with Gasteiger partial charge in [0.2, 0.25) is 0 Å². The Morgan fingerprint density at radius 3 is 2.43 bits per heavy atom. The molecule has 21 heavy (non-hydrogen) atoms. The summed E-state index contributed by atoms with van der Waals surface area (Å²) in [6, 6.07) is 11.5. The van der Waals surface area contributed by atoms with E-state index in [2.05, 4.69) is 27.3 Å². The molecule has 5 nitrogen and oxygen atoms in total. The van der Waals surface area contributed by atoms with E-state index in [0.29, 0.717) is 11.3 Å². The first-order valence-corrected chi connectivity index (χ1v) is 8.58. The second-order valence-electron chi connectivity index (χ2n) is 4.26. The summed E-state index contributed by atoms with van der Waals surface area (Å²) in [6.07, 6.45) is 0. The van der Waals surface area contributed by atoms with Crippen LogP contribution in [-0.2, 0) is 16.6 Å². The molecule has 112 valence electrons. The van der Waals surface area contributed by atoms with Gasteiger partial charge in [-0.15, -0.1) is 0 Å².